The monoisotopic (exact) mass is 344 g/mol. The Balaban J connectivity index is 1.78. The highest BCUT2D eigenvalue weighted by molar-refractivity contribution is 7.89. The molecule has 1 aromatic heterocycles. The zero-order valence-electron chi connectivity index (χ0n) is 12.7. The van der Waals surface area contributed by atoms with Crippen molar-refractivity contribution in [2.45, 2.75) is 24.0 Å². The van der Waals surface area contributed by atoms with Gasteiger partial charge in [0.1, 0.15) is 0 Å². The first-order valence-electron chi connectivity index (χ1n) is 7.63. The fourth-order valence-corrected chi connectivity index (χ4v) is 4.24. The smallest absolute Gasteiger partial charge is 0.289 e. The zero-order valence-corrected chi connectivity index (χ0v) is 13.5. The summed E-state index contributed by atoms with van der Waals surface area (Å²) in [7, 11) is -3.75. The Kier molecular flexibility index (Phi) is 4.72. The van der Waals surface area contributed by atoms with E-state index in [-0.39, 0.29) is 42.5 Å². The van der Waals surface area contributed by atoms with E-state index in [4.69, 9.17) is 9.15 Å². The van der Waals surface area contributed by atoms with E-state index in [1.807, 2.05) is 0 Å². The van der Waals surface area contributed by atoms with Crippen LogP contribution in [0.25, 0.3) is 0 Å². The van der Waals surface area contributed by atoms with E-state index in [1.54, 1.807) is 0 Å². The maximum Gasteiger partial charge on any atom is 0.289 e. The Bertz CT molecular complexity index is 665. The number of amides is 1. The van der Waals surface area contributed by atoms with Gasteiger partial charge in [0.25, 0.3) is 15.9 Å². The normalized spacial score (nSPS) is 23.3. The lowest BCUT2D eigenvalue weighted by atomic mass is 10.2. The minimum absolute atomic E-state index is 0.0165. The molecule has 1 aromatic rings. The molecule has 0 saturated carbocycles. The number of morpholine rings is 1. The van der Waals surface area contributed by atoms with Crippen molar-refractivity contribution in [3.05, 3.63) is 17.9 Å². The van der Waals surface area contributed by atoms with E-state index in [0.717, 1.165) is 12.8 Å². The fraction of sp³-hybridized carbons (Fsp3) is 0.643. The number of carbonyl (C=O) groups excluding carboxylic acids is 1. The van der Waals surface area contributed by atoms with Gasteiger partial charge in [-0.25, -0.2) is 8.42 Å². The van der Waals surface area contributed by atoms with E-state index < -0.39 is 10.0 Å². The number of nitrogens with zero attached hydrogens (tertiary/aromatic N) is 2. The summed E-state index contributed by atoms with van der Waals surface area (Å²) in [6.45, 7) is 1.66. The minimum atomic E-state index is -3.75. The van der Waals surface area contributed by atoms with Gasteiger partial charge in [-0.3, -0.25) is 4.79 Å². The molecule has 1 unspecified atom stereocenters. The number of likely N-dealkylation sites (tertiary alicyclic amines) is 1. The molecule has 2 aliphatic heterocycles. The van der Waals surface area contributed by atoms with Crippen LogP contribution in [0.1, 0.15) is 23.4 Å². The lowest BCUT2D eigenvalue weighted by Gasteiger charge is -2.25. The Hall–Kier alpha value is -1.42. The van der Waals surface area contributed by atoms with Gasteiger partial charge in [-0.1, -0.05) is 0 Å². The van der Waals surface area contributed by atoms with E-state index in [9.17, 15) is 18.3 Å². The summed E-state index contributed by atoms with van der Waals surface area (Å²) in [4.78, 5) is 14.0. The first kappa shape index (κ1) is 16.4. The summed E-state index contributed by atoms with van der Waals surface area (Å²) < 4.78 is 36.7. The van der Waals surface area contributed by atoms with Crippen molar-refractivity contribution in [1.82, 2.24) is 9.21 Å². The molecule has 128 valence electrons. The van der Waals surface area contributed by atoms with Gasteiger partial charge < -0.3 is 19.2 Å². The highest BCUT2D eigenvalue weighted by Gasteiger charge is 2.33. The number of rotatable bonds is 4. The van der Waals surface area contributed by atoms with Gasteiger partial charge in [-0.2, -0.15) is 4.31 Å². The maximum atomic E-state index is 12.5. The quantitative estimate of drug-likeness (QED) is 0.818. The molecule has 3 heterocycles. The van der Waals surface area contributed by atoms with Crippen molar-refractivity contribution in [1.29, 1.82) is 0 Å². The zero-order chi connectivity index (χ0) is 16.4. The van der Waals surface area contributed by atoms with E-state index in [2.05, 4.69) is 0 Å². The molecule has 1 amide bonds. The standard InChI is InChI=1S/C14H20N2O6S/c17-10-11-2-1-5-16(11)14(18)12-3-4-13(22-12)23(19,20)15-6-8-21-9-7-15/h3-4,11,17H,1-2,5-10H2. The van der Waals surface area contributed by atoms with Gasteiger partial charge >= 0.3 is 0 Å². The van der Waals surface area contributed by atoms with Crippen LogP contribution in [-0.2, 0) is 14.8 Å². The molecule has 2 aliphatic rings. The van der Waals surface area contributed by atoms with Crippen LogP contribution in [0.3, 0.4) is 0 Å². The summed E-state index contributed by atoms with van der Waals surface area (Å²) in [6, 6.07) is 2.46. The summed E-state index contributed by atoms with van der Waals surface area (Å²) in [6.07, 6.45) is 1.55. The molecule has 2 fully saturated rings. The van der Waals surface area contributed by atoms with Crippen LogP contribution in [0.2, 0.25) is 0 Å². The van der Waals surface area contributed by atoms with Crippen LogP contribution >= 0.6 is 0 Å². The van der Waals surface area contributed by atoms with Crippen LogP contribution in [0.4, 0.5) is 0 Å². The molecule has 1 N–H and O–H groups in total. The Morgan fingerprint density at radius 1 is 1.26 bits per heavy atom. The molecule has 3 rings (SSSR count). The topological polar surface area (TPSA) is 100 Å². The van der Waals surface area contributed by atoms with Crippen LogP contribution in [0.5, 0.6) is 0 Å². The average Bonchev–Trinajstić information content (AvgIpc) is 3.24. The van der Waals surface area contributed by atoms with Crippen molar-refractivity contribution < 1.29 is 27.5 Å². The van der Waals surface area contributed by atoms with Crippen LogP contribution in [0, 0.1) is 0 Å². The van der Waals surface area contributed by atoms with Crippen LogP contribution in [0.15, 0.2) is 21.6 Å². The van der Waals surface area contributed by atoms with E-state index in [0.29, 0.717) is 19.8 Å². The molecule has 9 heteroatoms. The SMILES string of the molecule is O=C(c1ccc(S(=O)(=O)N2CCOCC2)o1)N1CCCC1CO. The van der Waals surface area contributed by atoms with Crippen molar-refractivity contribution >= 4 is 15.9 Å². The molecule has 23 heavy (non-hydrogen) atoms. The molecule has 0 bridgehead atoms. The van der Waals surface area contributed by atoms with Crippen molar-refractivity contribution in [2.24, 2.45) is 0 Å². The number of carbonyl (C=O) groups is 1. The summed E-state index contributed by atoms with van der Waals surface area (Å²) in [5, 5.41) is 9.06. The molecule has 8 nitrogen and oxygen atoms in total. The first-order chi connectivity index (χ1) is 11.0. The molecular formula is C14H20N2O6S. The van der Waals surface area contributed by atoms with Gasteiger partial charge in [0.2, 0.25) is 5.09 Å². The van der Waals surface area contributed by atoms with Gasteiger partial charge in [-0.15, -0.1) is 0 Å². The number of hydrogen-bond acceptors (Lipinski definition) is 6. The maximum absolute atomic E-state index is 12.5. The van der Waals surface area contributed by atoms with Crippen LogP contribution < -0.4 is 0 Å². The lowest BCUT2D eigenvalue weighted by molar-refractivity contribution is 0.0636. The summed E-state index contributed by atoms with van der Waals surface area (Å²) in [5.41, 5.74) is 0. The highest BCUT2D eigenvalue weighted by Crippen LogP contribution is 2.24. The van der Waals surface area contributed by atoms with Gasteiger partial charge in [0.05, 0.1) is 25.9 Å². The molecule has 0 spiro atoms. The molecule has 0 radical (unpaired) electrons. The second-order valence-electron chi connectivity index (χ2n) is 5.61. The van der Waals surface area contributed by atoms with Crippen molar-refractivity contribution in [2.75, 3.05) is 39.5 Å². The fourth-order valence-electron chi connectivity index (χ4n) is 2.92. The predicted octanol–water partition coefficient (Wildman–Crippen LogP) is -0.103. The predicted molar refractivity (Wildman–Crippen MR) is 79.4 cm³/mol. The number of furan rings is 1. The Labute approximate surface area is 134 Å². The third kappa shape index (κ3) is 3.14. The van der Waals surface area contributed by atoms with E-state index in [1.165, 1.54) is 21.3 Å². The number of ether oxygens (including phenoxy) is 1. The number of hydrogen-bond donors (Lipinski definition) is 1. The second kappa shape index (κ2) is 6.60. The number of aliphatic hydroxyl groups is 1. The van der Waals surface area contributed by atoms with E-state index >= 15 is 0 Å². The molecule has 0 aromatic carbocycles. The van der Waals surface area contributed by atoms with Crippen LogP contribution in [-0.4, -0.2) is 74.1 Å². The van der Waals surface area contributed by atoms with Gasteiger partial charge in [-0.05, 0) is 25.0 Å². The lowest BCUT2D eigenvalue weighted by Crippen LogP contribution is -2.40. The minimum Gasteiger partial charge on any atom is -0.438 e. The molecule has 1 atom stereocenters. The first-order valence-corrected chi connectivity index (χ1v) is 9.07. The van der Waals surface area contributed by atoms with Gasteiger partial charge in [0, 0.05) is 19.6 Å². The third-order valence-electron chi connectivity index (χ3n) is 4.21. The van der Waals surface area contributed by atoms with Crippen molar-refractivity contribution in [3.8, 4) is 0 Å². The molecular weight excluding hydrogens is 324 g/mol. The number of aliphatic hydroxyl groups excluding tert-OH is 1. The Morgan fingerprint density at radius 3 is 2.70 bits per heavy atom. The van der Waals surface area contributed by atoms with Gasteiger partial charge in [0.15, 0.2) is 5.76 Å². The average molecular weight is 344 g/mol. The number of sulfonamides is 1. The molecule has 0 aliphatic carbocycles. The largest absolute Gasteiger partial charge is 0.438 e. The second-order valence-corrected chi connectivity index (χ2v) is 7.48. The molecule has 2 saturated heterocycles. The Morgan fingerprint density at radius 2 is 2.00 bits per heavy atom. The highest BCUT2D eigenvalue weighted by atomic mass is 32.2. The third-order valence-corrected chi connectivity index (χ3v) is 5.98. The van der Waals surface area contributed by atoms with Crippen molar-refractivity contribution in [3.63, 3.8) is 0 Å². The summed E-state index contributed by atoms with van der Waals surface area (Å²) >= 11 is 0. The summed E-state index contributed by atoms with van der Waals surface area (Å²) in [5.74, 6) is -0.401.